The largest absolute Gasteiger partial charge is 0.265 e. The highest BCUT2D eigenvalue weighted by Crippen LogP contribution is 2.24. The van der Waals surface area contributed by atoms with Crippen LogP contribution in [0, 0.1) is 41.5 Å². The van der Waals surface area contributed by atoms with Crippen molar-refractivity contribution in [3.05, 3.63) is 296 Å². The molecule has 0 bridgehead atoms. The molecule has 0 amide bonds. The second kappa shape index (κ2) is 30.3. The number of benzene rings is 1. The molecular formula is C67H61N11. The van der Waals surface area contributed by atoms with Gasteiger partial charge in [0.05, 0.1) is 28.5 Å². The summed E-state index contributed by atoms with van der Waals surface area (Å²) < 4.78 is 0. The first kappa shape index (κ1) is 55.6. The van der Waals surface area contributed by atoms with Gasteiger partial charge in [-0.05, 0) is 171 Å². The number of hydrogen-bond acceptors (Lipinski definition) is 11. The van der Waals surface area contributed by atoms with E-state index in [2.05, 4.69) is 114 Å². The number of nitrogens with zero attached hydrogens (tertiary/aromatic N) is 11. The van der Waals surface area contributed by atoms with E-state index in [1.165, 1.54) is 38.9 Å². The maximum atomic E-state index is 4.32. The summed E-state index contributed by atoms with van der Waals surface area (Å²) in [6, 6.07) is 51.9. The highest BCUT2D eigenvalue weighted by atomic mass is 14.8. The molecule has 1 aromatic carbocycles. The Kier molecular flexibility index (Phi) is 21.6. The van der Waals surface area contributed by atoms with Crippen molar-refractivity contribution in [3.63, 3.8) is 0 Å². The van der Waals surface area contributed by atoms with Crippen LogP contribution in [-0.2, 0) is 0 Å². The molecule has 0 aliphatic heterocycles. The average molecular weight is 1020 g/mol. The molecule has 384 valence electrons. The van der Waals surface area contributed by atoms with Crippen LogP contribution >= 0.6 is 0 Å². The Labute approximate surface area is 458 Å². The van der Waals surface area contributed by atoms with Crippen LogP contribution in [0.4, 0.5) is 0 Å². The van der Waals surface area contributed by atoms with Crippen molar-refractivity contribution in [2.45, 2.75) is 41.5 Å². The second-order valence-corrected chi connectivity index (χ2v) is 17.6. The van der Waals surface area contributed by atoms with E-state index in [4.69, 9.17) is 0 Å². The molecule has 0 N–H and O–H groups in total. The Hall–Kier alpha value is -10.1. The third-order valence-electron chi connectivity index (χ3n) is 11.9. The molecule has 0 saturated heterocycles. The van der Waals surface area contributed by atoms with E-state index in [9.17, 15) is 0 Å². The minimum atomic E-state index is 0.931. The minimum absolute atomic E-state index is 0.931. The summed E-state index contributed by atoms with van der Waals surface area (Å²) in [4.78, 5) is 45.8. The van der Waals surface area contributed by atoms with Crippen molar-refractivity contribution in [2.75, 3.05) is 0 Å². The quantitative estimate of drug-likeness (QED) is 0.157. The van der Waals surface area contributed by atoms with Gasteiger partial charge in [0.25, 0.3) is 0 Å². The molecule has 11 aromatic heterocycles. The van der Waals surface area contributed by atoms with Crippen LogP contribution in [-0.4, -0.2) is 54.8 Å². The second-order valence-electron chi connectivity index (χ2n) is 17.6. The van der Waals surface area contributed by atoms with Crippen molar-refractivity contribution < 1.29 is 0 Å². The fraction of sp³-hybridized carbons (Fsp3) is 0.0896. The molecule has 11 nitrogen and oxygen atoms in total. The predicted octanol–water partition coefficient (Wildman–Crippen LogP) is 15.3. The number of aryl methyl sites for hydroxylation is 6. The molecule has 0 spiro atoms. The predicted molar refractivity (Wildman–Crippen MR) is 315 cm³/mol. The molecule has 12 aromatic rings. The van der Waals surface area contributed by atoms with Crippen LogP contribution in [0.1, 0.15) is 33.4 Å². The Morgan fingerprint density at radius 1 is 0.205 bits per heavy atom. The van der Waals surface area contributed by atoms with Gasteiger partial charge in [0.2, 0.25) is 0 Å². The standard InChI is InChI=1S/C12H11N.5C11H10N2/c1-10-7-8-13-9-12(10)11-5-3-2-4-6-11;1-9-4-2-7-13-11(9)10-5-3-6-12-8-10;1-9-3-2-6-13-11(9)10-4-7-12-8-5-10;1-9-5-4-8-13-11(9)10-6-2-3-7-12-10;1-9-4-6-13-8-11(9)10-3-2-5-12-7-10;1-9-5-7-12-8-10(9)11-4-2-3-6-13-11/h2-9H,1H3;5*2-8H,1H3. The van der Waals surface area contributed by atoms with Crippen molar-refractivity contribution in [1.29, 1.82) is 0 Å². The van der Waals surface area contributed by atoms with E-state index in [0.29, 0.717) is 0 Å². The van der Waals surface area contributed by atoms with Crippen LogP contribution in [0.25, 0.3) is 67.4 Å². The van der Waals surface area contributed by atoms with Gasteiger partial charge in [0, 0.05) is 139 Å². The Morgan fingerprint density at radius 2 is 0.590 bits per heavy atom. The van der Waals surface area contributed by atoms with Gasteiger partial charge < -0.3 is 0 Å². The maximum Gasteiger partial charge on any atom is 0.0915 e. The zero-order valence-corrected chi connectivity index (χ0v) is 44.7. The number of hydrogen-bond donors (Lipinski definition) is 0. The topological polar surface area (TPSA) is 142 Å². The molecule has 0 unspecified atom stereocenters. The first-order valence-corrected chi connectivity index (χ1v) is 25.3. The average Bonchev–Trinajstić information content (AvgIpc) is 3.50. The summed E-state index contributed by atoms with van der Waals surface area (Å²) in [7, 11) is 0. The third-order valence-corrected chi connectivity index (χ3v) is 11.9. The maximum absolute atomic E-state index is 4.32. The van der Waals surface area contributed by atoms with Gasteiger partial charge in [-0.3, -0.25) is 54.8 Å². The smallest absolute Gasteiger partial charge is 0.0915 e. The molecule has 78 heavy (non-hydrogen) atoms. The van der Waals surface area contributed by atoms with Gasteiger partial charge in [-0.15, -0.1) is 0 Å². The molecule has 0 saturated carbocycles. The lowest BCUT2D eigenvalue weighted by atomic mass is 10.0. The highest BCUT2D eigenvalue weighted by molar-refractivity contribution is 5.67. The minimum Gasteiger partial charge on any atom is -0.265 e. The fourth-order valence-electron chi connectivity index (χ4n) is 7.77. The Bertz CT molecular complexity index is 3000. The molecular weight excluding hydrogens is 959 g/mol. The van der Waals surface area contributed by atoms with Gasteiger partial charge in [-0.1, -0.05) is 66.7 Å². The van der Waals surface area contributed by atoms with Gasteiger partial charge in [0.1, 0.15) is 0 Å². The summed E-state index contributed by atoms with van der Waals surface area (Å²) in [6.07, 6.45) is 30.8. The molecule has 11 heteroatoms. The van der Waals surface area contributed by atoms with E-state index >= 15 is 0 Å². The van der Waals surface area contributed by atoms with Crippen LogP contribution in [0.15, 0.2) is 263 Å². The van der Waals surface area contributed by atoms with Crippen LogP contribution in [0.3, 0.4) is 0 Å². The summed E-state index contributed by atoms with van der Waals surface area (Å²) in [6.45, 7) is 12.4. The Balaban J connectivity index is 0.000000136. The van der Waals surface area contributed by atoms with Gasteiger partial charge >= 0.3 is 0 Å². The monoisotopic (exact) mass is 1020 g/mol. The van der Waals surface area contributed by atoms with Crippen molar-refractivity contribution in [3.8, 4) is 67.4 Å². The first-order valence-electron chi connectivity index (χ1n) is 25.3. The number of pyridine rings is 11. The van der Waals surface area contributed by atoms with Gasteiger partial charge in [0.15, 0.2) is 0 Å². The van der Waals surface area contributed by atoms with Crippen LogP contribution < -0.4 is 0 Å². The molecule has 0 fully saturated rings. The zero-order valence-electron chi connectivity index (χ0n) is 44.7. The zero-order chi connectivity index (χ0) is 54.6. The SMILES string of the molecule is Cc1cccnc1-c1ccccn1.Cc1cccnc1-c1cccnc1.Cc1cccnc1-c1ccncc1.Cc1ccncc1-c1ccccc1.Cc1ccncc1-c1ccccn1.Cc1ccncc1-c1cccnc1. The third kappa shape index (κ3) is 17.0. The lowest BCUT2D eigenvalue weighted by molar-refractivity contribution is 1.21. The van der Waals surface area contributed by atoms with E-state index in [1.807, 2.05) is 184 Å². The van der Waals surface area contributed by atoms with Crippen molar-refractivity contribution in [2.24, 2.45) is 0 Å². The lowest BCUT2D eigenvalue weighted by Gasteiger charge is -2.03. The van der Waals surface area contributed by atoms with Crippen LogP contribution in [0.2, 0.25) is 0 Å². The number of aromatic nitrogens is 11. The van der Waals surface area contributed by atoms with E-state index < -0.39 is 0 Å². The summed E-state index contributed by atoms with van der Waals surface area (Å²) in [5.41, 5.74) is 20.1. The molecule has 0 atom stereocenters. The molecule has 12 rings (SSSR count). The molecule has 0 radical (unpaired) electrons. The van der Waals surface area contributed by atoms with Gasteiger partial charge in [-0.2, -0.15) is 0 Å². The van der Waals surface area contributed by atoms with E-state index in [1.54, 1.807) is 62.0 Å². The van der Waals surface area contributed by atoms with E-state index in [0.717, 1.165) is 61.9 Å². The molecule has 0 aliphatic carbocycles. The summed E-state index contributed by atoms with van der Waals surface area (Å²) in [5.74, 6) is 0. The summed E-state index contributed by atoms with van der Waals surface area (Å²) >= 11 is 0. The lowest BCUT2D eigenvalue weighted by Crippen LogP contribution is -1.88. The molecule has 0 aliphatic rings. The number of rotatable bonds is 6. The fourth-order valence-corrected chi connectivity index (χ4v) is 7.77. The molecule has 11 heterocycles. The highest BCUT2D eigenvalue weighted by Gasteiger charge is 2.05. The first-order chi connectivity index (χ1) is 38.3. The van der Waals surface area contributed by atoms with Crippen LogP contribution in [0.5, 0.6) is 0 Å². The normalized spacial score (nSPS) is 9.92. The van der Waals surface area contributed by atoms with E-state index in [-0.39, 0.29) is 0 Å². The van der Waals surface area contributed by atoms with Crippen molar-refractivity contribution >= 4 is 0 Å². The Morgan fingerprint density at radius 3 is 1.05 bits per heavy atom. The summed E-state index contributed by atoms with van der Waals surface area (Å²) in [5, 5.41) is 0. The van der Waals surface area contributed by atoms with Crippen molar-refractivity contribution in [1.82, 2.24) is 54.8 Å². The van der Waals surface area contributed by atoms with Gasteiger partial charge in [-0.25, -0.2) is 0 Å².